The molecular formula is C13H28N2O2S. The molecule has 2 N–H and O–H groups in total. The third kappa shape index (κ3) is 6.16. The smallest absolute Gasteiger partial charge is 0.212 e. The van der Waals surface area contributed by atoms with Crippen LogP contribution in [0.5, 0.6) is 0 Å². The number of sulfonamides is 1. The van der Waals surface area contributed by atoms with Gasteiger partial charge in [0, 0.05) is 19.1 Å². The van der Waals surface area contributed by atoms with E-state index in [0.717, 1.165) is 0 Å². The first-order valence-electron chi connectivity index (χ1n) is 7.02. The van der Waals surface area contributed by atoms with Crippen molar-refractivity contribution in [3.8, 4) is 0 Å². The lowest BCUT2D eigenvalue weighted by atomic mass is 9.86. The summed E-state index contributed by atoms with van der Waals surface area (Å²) in [5.41, 5.74) is 0. The largest absolute Gasteiger partial charge is 0.313 e. The molecule has 18 heavy (non-hydrogen) atoms. The molecule has 0 unspecified atom stereocenters. The van der Waals surface area contributed by atoms with Crippen LogP contribution in [0.25, 0.3) is 0 Å². The van der Waals surface area contributed by atoms with E-state index in [0.29, 0.717) is 36.9 Å². The van der Waals surface area contributed by atoms with Gasteiger partial charge in [0.05, 0.1) is 5.75 Å². The van der Waals surface area contributed by atoms with Crippen molar-refractivity contribution in [3.63, 3.8) is 0 Å². The minimum atomic E-state index is -3.12. The van der Waals surface area contributed by atoms with Crippen molar-refractivity contribution in [1.29, 1.82) is 0 Å². The Kier molecular flexibility index (Phi) is 6.08. The van der Waals surface area contributed by atoms with Gasteiger partial charge in [-0.2, -0.15) is 0 Å². The topological polar surface area (TPSA) is 58.2 Å². The summed E-state index contributed by atoms with van der Waals surface area (Å²) in [6.45, 7) is 9.71. The molecule has 0 saturated heterocycles. The van der Waals surface area contributed by atoms with Crippen LogP contribution in [0.2, 0.25) is 0 Å². The van der Waals surface area contributed by atoms with Gasteiger partial charge in [-0.05, 0) is 30.6 Å². The zero-order valence-corrected chi connectivity index (χ0v) is 12.9. The normalized spacial score (nSPS) is 17.1. The lowest BCUT2D eigenvalue weighted by Crippen LogP contribution is -2.37. The number of hydrogen-bond donors (Lipinski definition) is 2. The average Bonchev–Trinajstić information content (AvgIpc) is 3.00. The van der Waals surface area contributed by atoms with Gasteiger partial charge in [0.1, 0.15) is 0 Å². The van der Waals surface area contributed by atoms with Crippen LogP contribution in [0.4, 0.5) is 0 Å². The fraction of sp³-hybridized carbons (Fsp3) is 1.00. The van der Waals surface area contributed by atoms with E-state index >= 15 is 0 Å². The molecule has 4 nitrogen and oxygen atoms in total. The summed E-state index contributed by atoms with van der Waals surface area (Å²) in [5.74, 6) is 1.58. The first-order valence-corrected chi connectivity index (χ1v) is 8.67. The van der Waals surface area contributed by atoms with Crippen molar-refractivity contribution in [2.24, 2.45) is 17.8 Å². The van der Waals surface area contributed by atoms with Crippen LogP contribution < -0.4 is 10.0 Å². The second-order valence-electron chi connectivity index (χ2n) is 6.05. The Labute approximate surface area is 112 Å². The molecule has 0 atom stereocenters. The highest BCUT2D eigenvalue weighted by Gasteiger charge is 2.22. The SMILES string of the molecule is CC(C)C(CNS(=O)(=O)CCNC1CC1)C(C)C. The summed E-state index contributed by atoms with van der Waals surface area (Å²) in [5, 5.41) is 3.23. The Bertz CT molecular complexity index is 327. The maximum atomic E-state index is 11.8. The van der Waals surface area contributed by atoms with Gasteiger partial charge in [-0.3, -0.25) is 0 Å². The van der Waals surface area contributed by atoms with Crippen LogP contribution in [0.3, 0.4) is 0 Å². The maximum absolute atomic E-state index is 11.8. The van der Waals surface area contributed by atoms with Gasteiger partial charge >= 0.3 is 0 Å². The Morgan fingerprint density at radius 1 is 1.11 bits per heavy atom. The van der Waals surface area contributed by atoms with Gasteiger partial charge in [0.2, 0.25) is 10.0 Å². The zero-order valence-electron chi connectivity index (χ0n) is 12.1. The molecule has 0 aromatic carbocycles. The summed E-state index contributed by atoms with van der Waals surface area (Å²) in [4.78, 5) is 0. The highest BCUT2D eigenvalue weighted by atomic mass is 32.2. The molecule has 0 radical (unpaired) electrons. The molecule has 0 bridgehead atoms. The number of hydrogen-bond acceptors (Lipinski definition) is 3. The molecule has 0 amide bonds. The first kappa shape index (κ1) is 15.9. The van der Waals surface area contributed by atoms with Crippen LogP contribution >= 0.6 is 0 Å². The molecular weight excluding hydrogens is 248 g/mol. The minimum absolute atomic E-state index is 0.187. The summed E-state index contributed by atoms with van der Waals surface area (Å²) in [6, 6.07) is 0.569. The molecule has 1 fully saturated rings. The van der Waals surface area contributed by atoms with E-state index in [2.05, 4.69) is 37.7 Å². The molecule has 0 aliphatic heterocycles. The maximum Gasteiger partial charge on any atom is 0.212 e. The van der Waals surface area contributed by atoms with Gasteiger partial charge in [-0.15, -0.1) is 0 Å². The fourth-order valence-electron chi connectivity index (χ4n) is 2.22. The van der Waals surface area contributed by atoms with Crippen LogP contribution in [-0.2, 0) is 10.0 Å². The highest BCUT2D eigenvalue weighted by molar-refractivity contribution is 7.89. The van der Waals surface area contributed by atoms with Crippen molar-refractivity contribution in [2.75, 3.05) is 18.8 Å². The number of rotatable bonds is 9. The molecule has 0 aromatic heterocycles. The van der Waals surface area contributed by atoms with Crippen LogP contribution in [0.15, 0.2) is 0 Å². The molecule has 0 aromatic rings. The molecule has 108 valence electrons. The van der Waals surface area contributed by atoms with E-state index in [1.54, 1.807) is 0 Å². The van der Waals surface area contributed by atoms with Gasteiger partial charge in [0.15, 0.2) is 0 Å². The van der Waals surface area contributed by atoms with Gasteiger partial charge in [-0.1, -0.05) is 27.7 Å². The predicted molar refractivity (Wildman–Crippen MR) is 76.0 cm³/mol. The third-order valence-corrected chi connectivity index (χ3v) is 4.98. The summed E-state index contributed by atoms with van der Waals surface area (Å²) in [7, 11) is -3.12. The average molecular weight is 276 g/mol. The first-order chi connectivity index (χ1) is 8.32. The minimum Gasteiger partial charge on any atom is -0.313 e. The van der Waals surface area contributed by atoms with Crippen LogP contribution in [0.1, 0.15) is 40.5 Å². The molecule has 0 spiro atoms. The van der Waals surface area contributed by atoms with E-state index in [1.807, 2.05) is 0 Å². The van der Waals surface area contributed by atoms with E-state index < -0.39 is 10.0 Å². The second kappa shape index (κ2) is 6.87. The van der Waals surface area contributed by atoms with Gasteiger partial charge in [-0.25, -0.2) is 13.1 Å². The van der Waals surface area contributed by atoms with E-state index in [-0.39, 0.29) is 5.75 Å². The van der Waals surface area contributed by atoms with E-state index in [9.17, 15) is 8.42 Å². The van der Waals surface area contributed by atoms with Crippen molar-refractivity contribution in [2.45, 2.75) is 46.6 Å². The summed E-state index contributed by atoms with van der Waals surface area (Å²) < 4.78 is 26.4. The zero-order chi connectivity index (χ0) is 13.8. The molecule has 5 heteroatoms. The summed E-state index contributed by atoms with van der Waals surface area (Å²) in [6.07, 6.45) is 2.38. The van der Waals surface area contributed by atoms with E-state index in [4.69, 9.17) is 0 Å². The van der Waals surface area contributed by atoms with Crippen LogP contribution in [-0.4, -0.2) is 33.3 Å². The molecule has 1 rings (SSSR count). The lowest BCUT2D eigenvalue weighted by Gasteiger charge is -2.25. The second-order valence-corrected chi connectivity index (χ2v) is 7.97. The molecule has 1 aliphatic carbocycles. The predicted octanol–water partition coefficient (Wildman–Crippen LogP) is 1.59. The van der Waals surface area contributed by atoms with Gasteiger partial charge in [0.25, 0.3) is 0 Å². The van der Waals surface area contributed by atoms with Crippen molar-refractivity contribution in [1.82, 2.24) is 10.0 Å². The summed E-state index contributed by atoms with van der Waals surface area (Å²) >= 11 is 0. The van der Waals surface area contributed by atoms with E-state index in [1.165, 1.54) is 12.8 Å². The third-order valence-electron chi connectivity index (χ3n) is 3.63. The lowest BCUT2D eigenvalue weighted by molar-refractivity contribution is 0.289. The fourth-order valence-corrected chi connectivity index (χ4v) is 3.20. The molecule has 0 heterocycles. The van der Waals surface area contributed by atoms with Gasteiger partial charge < -0.3 is 5.32 Å². The standard InChI is InChI=1S/C13H28N2O2S/c1-10(2)13(11(3)4)9-15-18(16,17)8-7-14-12-5-6-12/h10-15H,5-9H2,1-4H3. The molecule has 1 saturated carbocycles. The monoisotopic (exact) mass is 276 g/mol. The quantitative estimate of drug-likeness (QED) is 0.672. The van der Waals surface area contributed by atoms with Crippen molar-refractivity contribution < 1.29 is 8.42 Å². The Balaban J connectivity index is 2.29. The Hall–Kier alpha value is -0.130. The Morgan fingerprint density at radius 2 is 1.67 bits per heavy atom. The van der Waals surface area contributed by atoms with Crippen molar-refractivity contribution >= 4 is 10.0 Å². The molecule has 1 aliphatic rings. The Morgan fingerprint density at radius 3 is 2.11 bits per heavy atom. The number of nitrogens with one attached hydrogen (secondary N) is 2. The van der Waals surface area contributed by atoms with Crippen LogP contribution in [0, 0.1) is 17.8 Å². The highest BCUT2D eigenvalue weighted by Crippen LogP contribution is 2.20. The van der Waals surface area contributed by atoms with Crippen molar-refractivity contribution in [3.05, 3.63) is 0 Å².